The number of benzene rings is 1. The highest BCUT2D eigenvalue weighted by atomic mass is 19.1. The van der Waals surface area contributed by atoms with Gasteiger partial charge in [-0.05, 0) is 36.6 Å². The first-order chi connectivity index (χ1) is 11.7. The van der Waals surface area contributed by atoms with Gasteiger partial charge >= 0.3 is 0 Å². The highest BCUT2D eigenvalue weighted by Gasteiger charge is 2.16. The van der Waals surface area contributed by atoms with Crippen LogP contribution in [0.1, 0.15) is 48.0 Å². The first-order valence-electron chi connectivity index (χ1n) is 8.35. The summed E-state index contributed by atoms with van der Waals surface area (Å²) in [6, 6.07) is 9.79. The number of hydrogen-bond acceptors (Lipinski definition) is 3. The standard InChI is InChI=1S/C19H21FN2O2/c20-16-9-6-14(7-10-16)13-24-18-11-8-15(12-21-18)19(23)22-17-4-2-1-3-5-17/h6-12,17H,1-5,13H2,(H,22,23). The largest absolute Gasteiger partial charge is 0.473 e. The van der Waals surface area contributed by atoms with Crippen molar-refractivity contribution in [1.82, 2.24) is 10.3 Å². The Hall–Kier alpha value is -2.43. The van der Waals surface area contributed by atoms with E-state index in [1.165, 1.54) is 37.6 Å². The lowest BCUT2D eigenvalue weighted by molar-refractivity contribution is 0.0927. The van der Waals surface area contributed by atoms with E-state index in [9.17, 15) is 9.18 Å². The maximum atomic E-state index is 12.8. The molecule has 1 aromatic carbocycles. The monoisotopic (exact) mass is 328 g/mol. The van der Waals surface area contributed by atoms with Crippen LogP contribution in [0.25, 0.3) is 0 Å². The Morgan fingerprint density at radius 2 is 1.88 bits per heavy atom. The fourth-order valence-electron chi connectivity index (χ4n) is 2.85. The lowest BCUT2D eigenvalue weighted by Gasteiger charge is -2.22. The molecule has 0 saturated heterocycles. The van der Waals surface area contributed by atoms with Gasteiger partial charge in [0.2, 0.25) is 5.88 Å². The average molecular weight is 328 g/mol. The van der Waals surface area contributed by atoms with Crippen LogP contribution in [0.5, 0.6) is 5.88 Å². The lowest BCUT2D eigenvalue weighted by atomic mass is 9.95. The van der Waals surface area contributed by atoms with E-state index in [-0.39, 0.29) is 17.8 Å². The number of halogens is 1. The van der Waals surface area contributed by atoms with Gasteiger partial charge in [0.1, 0.15) is 12.4 Å². The van der Waals surface area contributed by atoms with Gasteiger partial charge in [-0.3, -0.25) is 4.79 Å². The molecule has 1 saturated carbocycles. The Balaban J connectivity index is 1.52. The molecule has 1 aliphatic rings. The number of rotatable bonds is 5. The van der Waals surface area contributed by atoms with E-state index >= 15 is 0 Å². The van der Waals surface area contributed by atoms with Gasteiger partial charge in [0, 0.05) is 18.3 Å². The molecule has 0 spiro atoms. The Bertz CT molecular complexity index is 665. The zero-order valence-electron chi connectivity index (χ0n) is 13.5. The molecule has 0 atom stereocenters. The van der Waals surface area contributed by atoms with Crippen LogP contribution in [-0.4, -0.2) is 16.9 Å². The molecule has 1 aromatic heterocycles. The van der Waals surface area contributed by atoms with Crippen molar-refractivity contribution in [2.24, 2.45) is 0 Å². The van der Waals surface area contributed by atoms with Gasteiger partial charge in [-0.2, -0.15) is 0 Å². The molecule has 2 aromatic rings. The number of carbonyl (C=O) groups is 1. The van der Waals surface area contributed by atoms with Crippen molar-refractivity contribution in [3.63, 3.8) is 0 Å². The molecule has 5 heteroatoms. The van der Waals surface area contributed by atoms with Crippen LogP contribution in [-0.2, 0) is 6.61 Å². The van der Waals surface area contributed by atoms with E-state index in [1.54, 1.807) is 24.3 Å². The molecule has 0 bridgehead atoms. The maximum absolute atomic E-state index is 12.8. The Kier molecular flexibility index (Phi) is 5.41. The number of amides is 1. The van der Waals surface area contributed by atoms with E-state index in [0.29, 0.717) is 18.1 Å². The van der Waals surface area contributed by atoms with Gasteiger partial charge in [0.05, 0.1) is 5.56 Å². The summed E-state index contributed by atoms with van der Waals surface area (Å²) in [5, 5.41) is 3.06. The Labute approximate surface area is 141 Å². The predicted molar refractivity (Wildman–Crippen MR) is 89.3 cm³/mol. The first kappa shape index (κ1) is 16.4. The summed E-state index contributed by atoms with van der Waals surface area (Å²) >= 11 is 0. The van der Waals surface area contributed by atoms with Crippen LogP contribution < -0.4 is 10.1 Å². The third-order valence-corrected chi connectivity index (χ3v) is 4.24. The maximum Gasteiger partial charge on any atom is 0.253 e. The summed E-state index contributed by atoms with van der Waals surface area (Å²) < 4.78 is 18.4. The van der Waals surface area contributed by atoms with Crippen LogP contribution in [0.4, 0.5) is 4.39 Å². The summed E-state index contributed by atoms with van der Waals surface area (Å²) in [5.74, 6) is 0.0817. The number of carbonyl (C=O) groups excluding carboxylic acids is 1. The molecule has 126 valence electrons. The fourth-order valence-corrected chi connectivity index (χ4v) is 2.85. The van der Waals surface area contributed by atoms with Crippen molar-refractivity contribution in [2.45, 2.75) is 44.8 Å². The third-order valence-electron chi connectivity index (χ3n) is 4.24. The zero-order chi connectivity index (χ0) is 16.8. The summed E-state index contributed by atoms with van der Waals surface area (Å²) in [6.07, 6.45) is 7.25. The smallest absolute Gasteiger partial charge is 0.253 e. The van der Waals surface area contributed by atoms with E-state index in [0.717, 1.165) is 18.4 Å². The van der Waals surface area contributed by atoms with Crippen molar-refractivity contribution in [2.75, 3.05) is 0 Å². The van der Waals surface area contributed by atoms with Gasteiger partial charge in [0.15, 0.2) is 0 Å². The van der Waals surface area contributed by atoms with Gasteiger partial charge in [-0.25, -0.2) is 9.37 Å². The van der Waals surface area contributed by atoms with Crippen molar-refractivity contribution in [1.29, 1.82) is 0 Å². The Morgan fingerprint density at radius 3 is 2.54 bits per heavy atom. The number of nitrogens with one attached hydrogen (secondary N) is 1. The summed E-state index contributed by atoms with van der Waals surface area (Å²) in [6.45, 7) is 0.306. The molecule has 1 N–H and O–H groups in total. The van der Waals surface area contributed by atoms with Crippen molar-refractivity contribution < 1.29 is 13.9 Å². The molecule has 1 aliphatic carbocycles. The summed E-state index contributed by atoms with van der Waals surface area (Å²) in [5.41, 5.74) is 1.40. The molecular formula is C19H21FN2O2. The van der Waals surface area contributed by atoms with Gasteiger partial charge in [-0.15, -0.1) is 0 Å². The Morgan fingerprint density at radius 1 is 1.12 bits per heavy atom. The van der Waals surface area contributed by atoms with Crippen molar-refractivity contribution >= 4 is 5.91 Å². The average Bonchev–Trinajstić information content (AvgIpc) is 2.62. The molecule has 4 nitrogen and oxygen atoms in total. The molecule has 3 rings (SSSR count). The second-order valence-electron chi connectivity index (χ2n) is 6.11. The summed E-state index contributed by atoms with van der Waals surface area (Å²) in [7, 11) is 0. The first-order valence-corrected chi connectivity index (χ1v) is 8.35. The molecule has 1 heterocycles. The van der Waals surface area contributed by atoms with Crippen LogP contribution in [0.2, 0.25) is 0 Å². The minimum absolute atomic E-state index is 0.0838. The minimum Gasteiger partial charge on any atom is -0.473 e. The van der Waals surface area contributed by atoms with Gasteiger partial charge in [0.25, 0.3) is 5.91 Å². The van der Waals surface area contributed by atoms with Crippen molar-refractivity contribution in [3.8, 4) is 5.88 Å². The van der Waals surface area contributed by atoms with E-state index in [2.05, 4.69) is 10.3 Å². The molecule has 1 amide bonds. The molecule has 24 heavy (non-hydrogen) atoms. The van der Waals surface area contributed by atoms with E-state index < -0.39 is 0 Å². The van der Waals surface area contributed by atoms with E-state index in [1.807, 2.05) is 0 Å². The number of hydrogen-bond donors (Lipinski definition) is 1. The topological polar surface area (TPSA) is 51.2 Å². The minimum atomic E-state index is -0.273. The van der Waals surface area contributed by atoms with Crippen molar-refractivity contribution in [3.05, 3.63) is 59.5 Å². The van der Waals surface area contributed by atoms with Crippen LogP contribution in [0.15, 0.2) is 42.6 Å². The third kappa shape index (κ3) is 4.54. The van der Waals surface area contributed by atoms with Crippen LogP contribution in [0.3, 0.4) is 0 Å². The van der Waals surface area contributed by atoms with Gasteiger partial charge < -0.3 is 10.1 Å². The quantitative estimate of drug-likeness (QED) is 0.906. The summed E-state index contributed by atoms with van der Waals surface area (Å²) in [4.78, 5) is 16.4. The molecule has 0 radical (unpaired) electrons. The lowest BCUT2D eigenvalue weighted by Crippen LogP contribution is -2.36. The number of ether oxygens (including phenoxy) is 1. The normalized spacial score (nSPS) is 15.0. The molecule has 1 fully saturated rings. The van der Waals surface area contributed by atoms with Crippen LogP contribution >= 0.6 is 0 Å². The predicted octanol–water partition coefficient (Wildman–Crippen LogP) is 3.86. The number of aromatic nitrogens is 1. The second kappa shape index (κ2) is 7.90. The molecule has 0 unspecified atom stereocenters. The fraction of sp³-hybridized carbons (Fsp3) is 0.368. The molecular weight excluding hydrogens is 307 g/mol. The van der Waals surface area contributed by atoms with Crippen LogP contribution in [0, 0.1) is 5.82 Å². The highest BCUT2D eigenvalue weighted by Crippen LogP contribution is 2.18. The van der Waals surface area contributed by atoms with Gasteiger partial charge in [-0.1, -0.05) is 31.4 Å². The highest BCUT2D eigenvalue weighted by molar-refractivity contribution is 5.94. The second-order valence-corrected chi connectivity index (χ2v) is 6.11. The SMILES string of the molecule is O=C(NC1CCCCC1)c1ccc(OCc2ccc(F)cc2)nc1. The van der Waals surface area contributed by atoms with E-state index in [4.69, 9.17) is 4.74 Å². The zero-order valence-corrected chi connectivity index (χ0v) is 13.5. The number of pyridine rings is 1. The molecule has 0 aliphatic heterocycles. The number of nitrogens with zero attached hydrogens (tertiary/aromatic N) is 1.